The molecule has 5 nitrogen and oxygen atoms in total. The number of phenolic OH excluding ortho intramolecular Hbond substituents is 2. The predicted molar refractivity (Wildman–Crippen MR) is 75.7 cm³/mol. The van der Waals surface area contributed by atoms with Gasteiger partial charge in [0.2, 0.25) is 11.5 Å². The Balaban J connectivity index is 2.09. The summed E-state index contributed by atoms with van der Waals surface area (Å²) in [7, 11) is 1.31. The van der Waals surface area contributed by atoms with Crippen molar-refractivity contribution in [3.05, 3.63) is 53.3 Å². The van der Waals surface area contributed by atoms with Crippen LogP contribution >= 0.6 is 0 Å². The molecule has 3 rings (SSSR count). The first-order valence-corrected chi connectivity index (χ1v) is 6.24. The highest BCUT2D eigenvalue weighted by atomic mass is 16.5. The summed E-state index contributed by atoms with van der Waals surface area (Å²) in [4.78, 5) is 12.4. The van der Waals surface area contributed by atoms with Gasteiger partial charge in [-0.15, -0.1) is 0 Å². The Labute approximate surface area is 120 Å². The summed E-state index contributed by atoms with van der Waals surface area (Å²) in [5, 5.41) is 19.4. The summed E-state index contributed by atoms with van der Waals surface area (Å²) in [5.41, 5.74) is 0.913. The van der Waals surface area contributed by atoms with E-state index in [0.29, 0.717) is 0 Å². The Morgan fingerprint density at radius 3 is 2.57 bits per heavy atom. The van der Waals surface area contributed by atoms with Crippen molar-refractivity contribution in [2.75, 3.05) is 7.11 Å². The molecule has 21 heavy (non-hydrogen) atoms. The summed E-state index contributed by atoms with van der Waals surface area (Å²) in [6, 6.07) is 10.4. The molecule has 0 aromatic heterocycles. The van der Waals surface area contributed by atoms with Crippen molar-refractivity contribution in [3.63, 3.8) is 0 Å². The van der Waals surface area contributed by atoms with Crippen molar-refractivity contribution >= 4 is 11.9 Å². The van der Waals surface area contributed by atoms with E-state index in [1.807, 2.05) is 30.3 Å². The van der Waals surface area contributed by atoms with Gasteiger partial charge in [-0.1, -0.05) is 30.3 Å². The molecule has 0 amide bonds. The van der Waals surface area contributed by atoms with Crippen molar-refractivity contribution in [2.24, 2.45) is 0 Å². The largest absolute Gasteiger partial charge is 0.504 e. The smallest absolute Gasteiger partial charge is 0.235 e. The lowest BCUT2D eigenvalue weighted by Gasteiger charge is -2.07. The van der Waals surface area contributed by atoms with Crippen molar-refractivity contribution < 1.29 is 24.5 Å². The number of hydrogen-bond donors (Lipinski definition) is 2. The minimum absolute atomic E-state index is 0.0912. The number of ether oxygens (including phenoxy) is 2. The van der Waals surface area contributed by atoms with Gasteiger partial charge in [-0.05, 0) is 11.6 Å². The van der Waals surface area contributed by atoms with Crippen LogP contribution in [0.4, 0.5) is 0 Å². The van der Waals surface area contributed by atoms with Crippen LogP contribution in [0.1, 0.15) is 15.9 Å². The quantitative estimate of drug-likeness (QED) is 0.655. The second kappa shape index (κ2) is 4.86. The van der Waals surface area contributed by atoms with Gasteiger partial charge in [0.1, 0.15) is 11.3 Å². The second-order valence-electron chi connectivity index (χ2n) is 4.50. The fourth-order valence-electron chi connectivity index (χ4n) is 2.19. The van der Waals surface area contributed by atoms with Crippen LogP contribution in [-0.2, 0) is 0 Å². The third-order valence-corrected chi connectivity index (χ3v) is 3.17. The maximum Gasteiger partial charge on any atom is 0.235 e. The zero-order valence-corrected chi connectivity index (χ0v) is 11.2. The lowest BCUT2D eigenvalue weighted by Crippen LogP contribution is -2.00. The third kappa shape index (κ3) is 2.08. The Hall–Kier alpha value is -2.95. The number of rotatable bonds is 2. The Morgan fingerprint density at radius 2 is 1.90 bits per heavy atom. The van der Waals surface area contributed by atoms with Gasteiger partial charge in [0.25, 0.3) is 0 Å². The zero-order chi connectivity index (χ0) is 15.0. The van der Waals surface area contributed by atoms with E-state index in [1.165, 1.54) is 13.2 Å². The van der Waals surface area contributed by atoms with Crippen molar-refractivity contribution in [1.82, 2.24) is 0 Å². The summed E-state index contributed by atoms with van der Waals surface area (Å²) < 4.78 is 10.5. The number of carbonyl (C=O) groups is 1. The first-order chi connectivity index (χ1) is 10.1. The standard InChI is InChI=1S/C16H12O5/c1-20-16-13-11(8-10(17)14(16)18)21-12(15(13)19)7-9-5-3-2-4-6-9/h2-8,17-18H,1H3/b12-7-. The fourth-order valence-corrected chi connectivity index (χ4v) is 2.19. The molecule has 0 atom stereocenters. The number of aromatic hydroxyl groups is 2. The number of ketones is 1. The van der Waals surface area contributed by atoms with E-state index in [9.17, 15) is 15.0 Å². The van der Waals surface area contributed by atoms with Gasteiger partial charge in [0.15, 0.2) is 17.3 Å². The number of fused-ring (bicyclic) bond motifs is 1. The van der Waals surface area contributed by atoms with E-state index in [-0.39, 0.29) is 22.8 Å². The van der Waals surface area contributed by atoms with E-state index < -0.39 is 17.3 Å². The van der Waals surface area contributed by atoms with Crippen molar-refractivity contribution in [3.8, 4) is 23.0 Å². The molecule has 0 radical (unpaired) electrons. The molecule has 0 aliphatic carbocycles. The number of allylic oxidation sites excluding steroid dienone is 1. The molecule has 1 aliphatic heterocycles. The van der Waals surface area contributed by atoms with Crippen LogP contribution in [0.2, 0.25) is 0 Å². The van der Waals surface area contributed by atoms with Gasteiger partial charge in [-0.3, -0.25) is 4.79 Å². The number of Topliss-reactive ketones (excluding diaryl/α,β-unsaturated/α-hetero) is 1. The fraction of sp³-hybridized carbons (Fsp3) is 0.0625. The van der Waals surface area contributed by atoms with Crippen LogP contribution in [-0.4, -0.2) is 23.1 Å². The van der Waals surface area contributed by atoms with Gasteiger partial charge in [0.05, 0.1) is 7.11 Å². The van der Waals surface area contributed by atoms with Gasteiger partial charge in [-0.25, -0.2) is 0 Å². The summed E-state index contributed by atoms with van der Waals surface area (Å²) in [6.45, 7) is 0. The highest BCUT2D eigenvalue weighted by Gasteiger charge is 2.34. The molecule has 0 unspecified atom stereocenters. The van der Waals surface area contributed by atoms with Crippen LogP contribution in [0.15, 0.2) is 42.2 Å². The number of benzene rings is 2. The average molecular weight is 284 g/mol. The molecular formula is C16H12O5. The number of hydrogen-bond acceptors (Lipinski definition) is 5. The molecule has 0 fully saturated rings. The molecule has 5 heteroatoms. The Bertz CT molecular complexity index is 747. The zero-order valence-electron chi connectivity index (χ0n) is 11.2. The van der Waals surface area contributed by atoms with Crippen LogP contribution < -0.4 is 9.47 Å². The maximum absolute atomic E-state index is 12.4. The molecule has 2 aromatic rings. The third-order valence-electron chi connectivity index (χ3n) is 3.17. The van der Waals surface area contributed by atoms with Crippen LogP contribution in [0.25, 0.3) is 6.08 Å². The van der Waals surface area contributed by atoms with Crippen molar-refractivity contribution in [1.29, 1.82) is 0 Å². The Kier molecular flexibility index (Phi) is 3.02. The summed E-state index contributed by atoms with van der Waals surface area (Å²) in [6.07, 6.45) is 1.59. The average Bonchev–Trinajstić information content (AvgIpc) is 2.78. The van der Waals surface area contributed by atoms with Crippen molar-refractivity contribution in [2.45, 2.75) is 0 Å². The van der Waals surface area contributed by atoms with E-state index in [4.69, 9.17) is 9.47 Å². The van der Waals surface area contributed by atoms with Gasteiger partial charge < -0.3 is 19.7 Å². The van der Waals surface area contributed by atoms with Crippen LogP contribution in [0.5, 0.6) is 23.0 Å². The molecule has 2 aromatic carbocycles. The molecule has 1 heterocycles. The lowest BCUT2D eigenvalue weighted by molar-refractivity contribution is 0.101. The lowest BCUT2D eigenvalue weighted by atomic mass is 10.1. The van der Waals surface area contributed by atoms with Gasteiger partial charge in [0, 0.05) is 6.07 Å². The minimum Gasteiger partial charge on any atom is -0.504 e. The molecule has 0 spiro atoms. The summed E-state index contributed by atoms with van der Waals surface area (Å²) in [5.74, 6) is -1.10. The molecule has 0 saturated heterocycles. The van der Waals surface area contributed by atoms with E-state index in [0.717, 1.165) is 5.56 Å². The predicted octanol–water partition coefficient (Wildman–Crippen LogP) is 2.72. The highest BCUT2D eigenvalue weighted by molar-refractivity contribution is 6.16. The first kappa shape index (κ1) is 13.1. The van der Waals surface area contributed by atoms with Gasteiger partial charge in [-0.2, -0.15) is 0 Å². The molecular weight excluding hydrogens is 272 g/mol. The van der Waals surface area contributed by atoms with E-state index in [1.54, 1.807) is 6.08 Å². The molecule has 0 saturated carbocycles. The number of carbonyl (C=O) groups excluding carboxylic acids is 1. The normalized spacial score (nSPS) is 14.9. The molecule has 106 valence electrons. The van der Waals surface area contributed by atoms with E-state index in [2.05, 4.69) is 0 Å². The van der Waals surface area contributed by atoms with Gasteiger partial charge >= 0.3 is 0 Å². The minimum atomic E-state index is -0.478. The molecule has 0 bridgehead atoms. The number of phenols is 2. The maximum atomic E-state index is 12.4. The monoisotopic (exact) mass is 284 g/mol. The topological polar surface area (TPSA) is 76.0 Å². The van der Waals surface area contributed by atoms with Crippen LogP contribution in [0.3, 0.4) is 0 Å². The molecule has 1 aliphatic rings. The van der Waals surface area contributed by atoms with Crippen LogP contribution in [0, 0.1) is 0 Å². The highest BCUT2D eigenvalue weighted by Crippen LogP contribution is 2.48. The Morgan fingerprint density at radius 1 is 1.19 bits per heavy atom. The van der Waals surface area contributed by atoms with E-state index >= 15 is 0 Å². The SMILES string of the molecule is COc1c(O)c(O)cc2c1C(=O)/C(=C/c1ccccc1)O2. The molecule has 2 N–H and O–H groups in total. The number of methoxy groups -OCH3 is 1. The second-order valence-corrected chi connectivity index (χ2v) is 4.50. The summed E-state index contributed by atoms with van der Waals surface area (Å²) >= 11 is 0. The first-order valence-electron chi connectivity index (χ1n) is 6.24.